The van der Waals surface area contributed by atoms with Crippen LogP contribution in [0.5, 0.6) is 0 Å². The first-order valence-corrected chi connectivity index (χ1v) is 9.22. The number of hydrogen-bond donors (Lipinski definition) is 0. The summed E-state index contributed by atoms with van der Waals surface area (Å²) in [7, 11) is 11.7. The molecule has 0 aromatic carbocycles. The van der Waals surface area contributed by atoms with Crippen molar-refractivity contribution in [2.24, 2.45) is 0 Å². The van der Waals surface area contributed by atoms with Gasteiger partial charge in [0.25, 0.3) is 0 Å². The zero-order valence-electron chi connectivity index (χ0n) is 4.58. The van der Waals surface area contributed by atoms with Crippen LogP contribution < -0.4 is 0 Å². The van der Waals surface area contributed by atoms with Crippen molar-refractivity contribution in [1.29, 1.82) is 0 Å². The van der Waals surface area contributed by atoms with Gasteiger partial charge in [-0.15, -0.1) is 0 Å². The van der Waals surface area contributed by atoms with Gasteiger partial charge < -0.3 is 0 Å². The second-order valence-corrected chi connectivity index (χ2v) is 13.6. The first kappa shape index (κ1) is 8.10. The van der Waals surface area contributed by atoms with Gasteiger partial charge in [-0.05, 0) is 0 Å². The van der Waals surface area contributed by atoms with E-state index in [1.165, 1.54) is 0 Å². The molecule has 0 aromatic rings. The van der Waals surface area contributed by atoms with Crippen molar-refractivity contribution in [3.8, 4) is 0 Å². The third-order valence-corrected chi connectivity index (χ3v) is 8.92. The SMILES string of the molecule is CC[Se](Cl)(Cl)CC. The van der Waals surface area contributed by atoms with Gasteiger partial charge in [0, 0.05) is 0 Å². The Kier molecular flexibility index (Phi) is 3.69. The standard InChI is InChI=1S/C4H10Cl2Se/c1-3-7(5,6)4-2/h3-4H2,1-2H3. The normalized spacial score (nSPS) is 14.3. The summed E-state index contributed by atoms with van der Waals surface area (Å²) in [5.41, 5.74) is 0. The predicted molar refractivity (Wildman–Crippen MR) is 38.4 cm³/mol. The molecule has 0 heterocycles. The molecule has 0 unspecified atom stereocenters. The van der Waals surface area contributed by atoms with Crippen molar-refractivity contribution in [3.63, 3.8) is 0 Å². The monoisotopic (exact) mass is 208 g/mol. The maximum atomic E-state index is 5.83. The van der Waals surface area contributed by atoms with Crippen molar-refractivity contribution in [2.45, 2.75) is 24.5 Å². The molecule has 0 aliphatic rings. The second-order valence-electron chi connectivity index (χ2n) is 1.28. The zero-order valence-corrected chi connectivity index (χ0v) is 7.80. The van der Waals surface area contributed by atoms with Crippen molar-refractivity contribution in [2.75, 3.05) is 0 Å². The molecule has 0 radical (unpaired) electrons. The Morgan fingerprint density at radius 2 is 1.43 bits per heavy atom. The van der Waals surface area contributed by atoms with E-state index in [0.29, 0.717) is 0 Å². The summed E-state index contributed by atoms with van der Waals surface area (Å²) in [6, 6.07) is 0. The Bertz CT molecular complexity index is 47.7. The van der Waals surface area contributed by atoms with E-state index >= 15 is 0 Å². The molecule has 3 heteroatoms. The summed E-state index contributed by atoms with van der Waals surface area (Å²) in [6.07, 6.45) is 0. The predicted octanol–water partition coefficient (Wildman–Crippen LogP) is 2.95. The Morgan fingerprint density at radius 3 is 1.43 bits per heavy atom. The van der Waals surface area contributed by atoms with Crippen LogP contribution in [0.2, 0.25) is 10.6 Å². The van der Waals surface area contributed by atoms with Gasteiger partial charge in [-0.1, -0.05) is 0 Å². The molecule has 0 spiro atoms. The summed E-state index contributed by atoms with van der Waals surface area (Å²) >= 11 is -1.86. The summed E-state index contributed by atoms with van der Waals surface area (Å²) in [4.78, 5) is 0. The minimum atomic E-state index is -1.86. The van der Waals surface area contributed by atoms with Gasteiger partial charge in [0.2, 0.25) is 0 Å². The molecular formula is C4H10Cl2Se. The molecule has 0 rings (SSSR count). The quantitative estimate of drug-likeness (QED) is 0.612. The Morgan fingerprint density at radius 1 is 1.14 bits per heavy atom. The molecule has 0 aliphatic carbocycles. The summed E-state index contributed by atoms with van der Waals surface area (Å²) in [6.45, 7) is 4.09. The number of rotatable bonds is 2. The molecule has 0 N–H and O–H groups in total. The first-order chi connectivity index (χ1) is 3.12. The zero-order chi connectivity index (χ0) is 5.91. The molecule has 0 atom stereocenters. The van der Waals surface area contributed by atoms with Crippen LogP contribution in [-0.2, 0) is 0 Å². The molecular weight excluding hydrogens is 198 g/mol. The molecule has 0 aliphatic heterocycles. The fraction of sp³-hybridized carbons (Fsp3) is 1.00. The van der Waals surface area contributed by atoms with Crippen molar-refractivity contribution in [3.05, 3.63) is 0 Å². The Balaban J connectivity index is 3.36. The molecule has 0 fully saturated rings. The van der Waals surface area contributed by atoms with Crippen molar-refractivity contribution >= 4 is 31.2 Å². The molecule has 0 bridgehead atoms. The van der Waals surface area contributed by atoms with E-state index in [0.717, 1.165) is 10.6 Å². The van der Waals surface area contributed by atoms with Crippen LogP contribution in [0.25, 0.3) is 0 Å². The van der Waals surface area contributed by atoms with Crippen LogP contribution in [0.3, 0.4) is 0 Å². The van der Waals surface area contributed by atoms with Crippen molar-refractivity contribution in [1.82, 2.24) is 0 Å². The molecule has 7 heavy (non-hydrogen) atoms. The number of halogens is 2. The van der Waals surface area contributed by atoms with E-state index in [1.807, 2.05) is 13.8 Å². The van der Waals surface area contributed by atoms with Crippen LogP contribution in [0.15, 0.2) is 0 Å². The maximum absolute atomic E-state index is 5.83. The molecule has 0 nitrogen and oxygen atoms in total. The average molecular weight is 208 g/mol. The van der Waals surface area contributed by atoms with Gasteiger partial charge in [0.15, 0.2) is 0 Å². The van der Waals surface area contributed by atoms with Gasteiger partial charge in [-0.25, -0.2) is 0 Å². The fourth-order valence-electron chi connectivity index (χ4n) is 0.204. The first-order valence-electron chi connectivity index (χ1n) is 2.30. The van der Waals surface area contributed by atoms with Crippen LogP contribution in [0, 0.1) is 0 Å². The topological polar surface area (TPSA) is 0 Å². The minimum absolute atomic E-state index is 0.982. The van der Waals surface area contributed by atoms with Crippen LogP contribution in [0.4, 0.5) is 0 Å². The van der Waals surface area contributed by atoms with Gasteiger partial charge in [-0.2, -0.15) is 0 Å². The molecule has 46 valence electrons. The third kappa shape index (κ3) is 3.66. The Hall–Kier alpha value is 1.10. The summed E-state index contributed by atoms with van der Waals surface area (Å²) < 4.78 is 0. The van der Waals surface area contributed by atoms with E-state index in [1.54, 1.807) is 0 Å². The van der Waals surface area contributed by atoms with Gasteiger partial charge in [-0.3, -0.25) is 0 Å². The van der Waals surface area contributed by atoms with Crippen LogP contribution in [0.1, 0.15) is 13.8 Å². The van der Waals surface area contributed by atoms with E-state index in [2.05, 4.69) is 0 Å². The molecule has 0 aromatic heterocycles. The van der Waals surface area contributed by atoms with Gasteiger partial charge in [0.1, 0.15) is 0 Å². The van der Waals surface area contributed by atoms with Crippen LogP contribution >= 0.6 is 20.2 Å². The second kappa shape index (κ2) is 3.19. The van der Waals surface area contributed by atoms with E-state index in [-0.39, 0.29) is 0 Å². The molecule has 0 saturated heterocycles. The van der Waals surface area contributed by atoms with Crippen molar-refractivity contribution < 1.29 is 0 Å². The third-order valence-electron chi connectivity index (χ3n) is 0.845. The van der Waals surface area contributed by atoms with Gasteiger partial charge >= 0.3 is 55.7 Å². The number of hydrogen-bond acceptors (Lipinski definition) is 0. The van der Waals surface area contributed by atoms with Gasteiger partial charge in [0.05, 0.1) is 0 Å². The fourth-order valence-corrected chi connectivity index (χ4v) is 1.06. The van der Waals surface area contributed by atoms with E-state index < -0.39 is 11.0 Å². The average Bonchev–Trinajstić information content (AvgIpc) is 1.68. The Labute approximate surface area is 55.9 Å². The molecule has 0 amide bonds. The molecule has 0 saturated carbocycles. The van der Waals surface area contributed by atoms with Crippen LogP contribution in [-0.4, -0.2) is 11.0 Å². The van der Waals surface area contributed by atoms with E-state index in [9.17, 15) is 0 Å². The van der Waals surface area contributed by atoms with E-state index in [4.69, 9.17) is 20.2 Å². The summed E-state index contributed by atoms with van der Waals surface area (Å²) in [5, 5.41) is 1.96. The summed E-state index contributed by atoms with van der Waals surface area (Å²) in [5.74, 6) is 0.